The van der Waals surface area contributed by atoms with Crippen LogP contribution in [0.25, 0.3) is 11.0 Å². The Morgan fingerprint density at radius 3 is 2.54 bits per heavy atom. The van der Waals surface area contributed by atoms with Crippen molar-refractivity contribution in [3.63, 3.8) is 0 Å². The summed E-state index contributed by atoms with van der Waals surface area (Å²) in [6.45, 7) is 5.27. The fourth-order valence-electron chi connectivity index (χ4n) is 2.01. The minimum absolute atomic E-state index is 0.0127. The van der Waals surface area contributed by atoms with E-state index in [4.69, 9.17) is 9.15 Å². The third kappa shape index (κ3) is 4.34. The second-order valence-corrected chi connectivity index (χ2v) is 6.13. The molecule has 0 saturated heterocycles. The van der Waals surface area contributed by atoms with Crippen LogP contribution < -0.4 is 10.7 Å². The number of fused-ring (bicyclic) bond motifs is 1. The van der Waals surface area contributed by atoms with Crippen molar-refractivity contribution in [3.8, 4) is 0 Å². The summed E-state index contributed by atoms with van der Waals surface area (Å²) < 4.78 is 15.3. The van der Waals surface area contributed by atoms with Crippen LogP contribution in [0.3, 0.4) is 0 Å². The van der Waals surface area contributed by atoms with E-state index in [-0.39, 0.29) is 28.7 Å². The van der Waals surface area contributed by atoms with Crippen LogP contribution in [0.2, 0.25) is 0 Å². The SMILES string of the molecule is COC(=O)c1ccc2oc(CNC(=O)OC(C)(C)C)cc(=O)c2c1. The summed E-state index contributed by atoms with van der Waals surface area (Å²) in [6, 6.07) is 5.70. The van der Waals surface area contributed by atoms with Crippen molar-refractivity contribution in [1.82, 2.24) is 5.32 Å². The predicted octanol–water partition coefficient (Wildman–Crippen LogP) is 2.60. The highest BCUT2D eigenvalue weighted by Gasteiger charge is 2.16. The Kier molecular flexibility index (Phi) is 4.92. The molecule has 0 saturated carbocycles. The lowest BCUT2D eigenvalue weighted by molar-refractivity contribution is 0.0518. The van der Waals surface area contributed by atoms with Crippen molar-refractivity contribution in [2.75, 3.05) is 7.11 Å². The molecule has 0 bridgehead atoms. The maximum Gasteiger partial charge on any atom is 0.408 e. The maximum absolute atomic E-state index is 12.2. The van der Waals surface area contributed by atoms with Gasteiger partial charge in [-0.2, -0.15) is 0 Å². The molecule has 128 valence electrons. The molecule has 1 amide bonds. The van der Waals surface area contributed by atoms with Gasteiger partial charge in [0.05, 0.1) is 24.6 Å². The number of methoxy groups -OCH3 is 1. The summed E-state index contributed by atoms with van der Waals surface area (Å²) in [5, 5.41) is 2.78. The molecule has 2 aromatic rings. The van der Waals surface area contributed by atoms with Gasteiger partial charge in [0.1, 0.15) is 16.9 Å². The smallest absolute Gasteiger partial charge is 0.408 e. The van der Waals surface area contributed by atoms with E-state index >= 15 is 0 Å². The monoisotopic (exact) mass is 333 g/mol. The third-order valence-electron chi connectivity index (χ3n) is 3.01. The standard InChI is InChI=1S/C17H19NO6/c1-17(2,3)24-16(21)18-9-11-8-13(19)12-7-10(15(20)22-4)5-6-14(12)23-11/h5-8H,9H2,1-4H3,(H,18,21). The van der Waals surface area contributed by atoms with Crippen molar-refractivity contribution in [2.45, 2.75) is 32.9 Å². The van der Waals surface area contributed by atoms with Crippen LogP contribution in [0, 0.1) is 0 Å². The fourth-order valence-corrected chi connectivity index (χ4v) is 2.01. The second-order valence-electron chi connectivity index (χ2n) is 6.13. The molecule has 1 heterocycles. The van der Waals surface area contributed by atoms with Crippen LogP contribution >= 0.6 is 0 Å². The molecule has 1 N–H and O–H groups in total. The van der Waals surface area contributed by atoms with Gasteiger partial charge in [0.2, 0.25) is 0 Å². The molecule has 1 aromatic heterocycles. The average molecular weight is 333 g/mol. The lowest BCUT2D eigenvalue weighted by atomic mass is 10.1. The summed E-state index contributed by atoms with van der Waals surface area (Å²) >= 11 is 0. The molecule has 0 fully saturated rings. The van der Waals surface area contributed by atoms with E-state index in [0.717, 1.165) is 0 Å². The summed E-state index contributed by atoms with van der Waals surface area (Å²) in [7, 11) is 1.26. The lowest BCUT2D eigenvalue weighted by Crippen LogP contribution is -2.32. The molecule has 7 nitrogen and oxygen atoms in total. The summed E-state index contributed by atoms with van der Waals surface area (Å²) in [5.74, 6) is -0.254. The number of alkyl carbamates (subject to hydrolysis) is 1. The molecule has 0 spiro atoms. The molecule has 7 heteroatoms. The molecule has 24 heavy (non-hydrogen) atoms. The van der Waals surface area contributed by atoms with Gasteiger partial charge in [-0.3, -0.25) is 4.79 Å². The number of carbonyl (C=O) groups is 2. The zero-order valence-electron chi connectivity index (χ0n) is 14.0. The van der Waals surface area contributed by atoms with Crippen molar-refractivity contribution in [1.29, 1.82) is 0 Å². The van der Waals surface area contributed by atoms with E-state index in [9.17, 15) is 14.4 Å². The van der Waals surface area contributed by atoms with Crippen molar-refractivity contribution in [2.24, 2.45) is 0 Å². The summed E-state index contributed by atoms with van der Waals surface area (Å²) in [5.41, 5.74) is -0.352. The third-order valence-corrected chi connectivity index (χ3v) is 3.01. The first-order valence-corrected chi connectivity index (χ1v) is 7.31. The molecular weight excluding hydrogens is 314 g/mol. The highest BCUT2D eigenvalue weighted by molar-refractivity contribution is 5.93. The van der Waals surface area contributed by atoms with E-state index in [0.29, 0.717) is 5.58 Å². The number of nitrogens with one attached hydrogen (secondary N) is 1. The molecule has 0 aliphatic rings. The Bertz CT molecular complexity index is 831. The van der Waals surface area contributed by atoms with Crippen LogP contribution in [0.5, 0.6) is 0 Å². The van der Waals surface area contributed by atoms with E-state index in [1.807, 2.05) is 0 Å². The van der Waals surface area contributed by atoms with Crippen LogP contribution in [0.4, 0.5) is 4.79 Å². The predicted molar refractivity (Wildman–Crippen MR) is 86.9 cm³/mol. The number of carbonyl (C=O) groups excluding carboxylic acids is 2. The van der Waals surface area contributed by atoms with Gasteiger partial charge in [-0.1, -0.05) is 0 Å². The van der Waals surface area contributed by atoms with Crippen molar-refractivity contribution >= 4 is 23.0 Å². The largest absolute Gasteiger partial charge is 0.465 e. The van der Waals surface area contributed by atoms with Gasteiger partial charge >= 0.3 is 12.1 Å². The fraction of sp³-hybridized carbons (Fsp3) is 0.353. The quantitative estimate of drug-likeness (QED) is 0.868. The van der Waals surface area contributed by atoms with E-state index in [2.05, 4.69) is 10.1 Å². The minimum Gasteiger partial charge on any atom is -0.465 e. The first kappa shape index (κ1) is 17.5. The number of ether oxygens (including phenoxy) is 2. The van der Waals surface area contributed by atoms with E-state index < -0.39 is 17.7 Å². The summed E-state index contributed by atoms with van der Waals surface area (Å²) in [4.78, 5) is 35.3. The Labute approximate surface area is 138 Å². The molecule has 0 radical (unpaired) electrons. The summed E-state index contributed by atoms with van der Waals surface area (Å²) in [6.07, 6.45) is -0.605. The average Bonchev–Trinajstić information content (AvgIpc) is 2.50. The Hall–Kier alpha value is -2.83. The second kappa shape index (κ2) is 6.74. The van der Waals surface area contributed by atoms with Gasteiger partial charge in [-0.15, -0.1) is 0 Å². The van der Waals surface area contributed by atoms with Crippen molar-refractivity contribution < 1.29 is 23.5 Å². The van der Waals surface area contributed by atoms with Gasteiger partial charge in [-0.25, -0.2) is 9.59 Å². The molecule has 1 aromatic carbocycles. The van der Waals surface area contributed by atoms with Crippen LogP contribution in [-0.4, -0.2) is 24.8 Å². The number of hydrogen-bond acceptors (Lipinski definition) is 6. The number of hydrogen-bond donors (Lipinski definition) is 1. The van der Waals surface area contributed by atoms with Crippen LogP contribution in [-0.2, 0) is 16.0 Å². The Morgan fingerprint density at radius 1 is 1.21 bits per heavy atom. The van der Waals surface area contributed by atoms with Crippen LogP contribution in [0.15, 0.2) is 33.5 Å². The van der Waals surface area contributed by atoms with Gasteiger partial charge < -0.3 is 19.2 Å². The number of benzene rings is 1. The molecule has 0 unspecified atom stereocenters. The molecule has 2 rings (SSSR count). The molecule has 0 aliphatic carbocycles. The first-order chi connectivity index (χ1) is 11.2. The highest BCUT2D eigenvalue weighted by Crippen LogP contribution is 2.15. The highest BCUT2D eigenvalue weighted by atomic mass is 16.6. The Morgan fingerprint density at radius 2 is 1.92 bits per heavy atom. The van der Waals surface area contributed by atoms with Gasteiger partial charge in [0.15, 0.2) is 5.43 Å². The van der Waals surface area contributed by atoms with E-state index in [1.54, 1.807) is 20.8 Å². The zero-order valence-corrected chi connectivity index (χ0v) is 14.0. The van der Waals surface area contributed by atoms with E-state index in [1.165, 1.54) is 31.4 Å². The molecular formula is C17H19NO6. The normalized spacial score (nSPS) is 11.2. The number of esters is 1. The molecule has 0 atom stereocenters. The number of amides is 1. The van der Waals surface area contributed by atoms with Gasteiger partial charge in [-0.05, 0) is 39.0 Å². The van der Waals surface area contributed by atoms with Gasteiger partial charge in [0, 0.05) is 6.07 Å². The topological polar surface area (TPSA) is 94.8 Å². The van der Waals surface area contributed by atoms with Gasteiger partial charge in [0.25, 0.3) is 0 Å². The number of rotatable bonds is 3. The maximum atomic E-state index is 12.2. The Balaban J connectivity index is 2.21. The zero-order chi connectivity index (χ0) is 17.9. The van der Waals surface area contributed by atoms with Crippen molar-refractivity contribution in [3.05, 3.63) is 45.8 Å². The van der Waals surface area contributed by atoms with Crippen LogP contribution in [0.1, 0.15) is 36.9 Å². The lowest BCUT2D eigenvalue weighted by Gasteiger charge is -2.19. The minimum atomic E-state index is -0.613. The first-order valence-electron chi connectivity index (χ1n) is 7.31. The molecule has 0 aliphatic heterocycles.